The average molecular weight is 368 g/mol. The van der Waals surface area contributed by atoms with Crippen LogP contribution in [0, 0.1) is 0 Å². The number of para-hydroxylation sites is 1. The van der Waals surface area contributed by atoms with Crippen LogP contribution in [0.1, 0.15) is 53.8 Å². The fourth-order valence-electron chi connectivity index (χ4n) is 3.78. The summed E-state index contributed by atoms with van der Waals surface area (Å²) >= 11 is 0. The molecule has 2 N–H and O–H groups in total. The zero-order valence-electron chi connectivity index (χ0n) is 15.2. The fourth-order valence-corrected chi connectivity index (χ4v) is 3.78. The van der Waals surface area contributed by atoms with Crippen molar-refractivity contribution < 1.29 is 14.3 Å². The van der Waals surface area contributed by atoms with E-state index in [9.17, 15) is 9.59 Å². The summed E-state index contributed by atoms with van der Waals surface area (Å²) in [6.45, 7) is 0.584. The van der Waals surface area contributed by atoms with E-state index in [2.05, 4.69) is 16.0 Å². The highest BCUT2D eigenvalue weighted by molar-refractivity contribution is 5.95. The Kier molecular flexibility index (Phi) is 5.20. The first kappa shape index (κ1) is 17.7. The summed E-state index contributed by atoms with van der Waals surface area (Å²) in [5, 5.41) is 4.60. The van der Waals surface area contributed by atoms with Gasteiger partial charge in [-0.3, -0.25) is 20.4 Å². The third-order valence-electron chi connectivity index (χ3n) is 5.17. The van der Waals surface area contributed by atoms with E-state index in [0.29, 0.717) is 18.7 Å². The molecule has 142 valence electrons. The number of hydrazine groups is 1. The van der Waals surface area contributed by atoms with Crippen molar-refractivity contribution in [1.29, 1.82) is 0 Å². The number of benzene rings is 1. The normalized spacial score (nSPS) is 19.2. The molecule has 2 heterocycles. The van der Waals surface area contributed by atoms with Crippen molar-refractivity contribution in [2.45, 2.75) is 51.0 Å². The Bertz CT molecular complexity index is 825. The van der Waals surface area contributed by atoms with Crippen molar-refractivity contribution in [3.05, 3.63) is 47.3 Å². The molecule has 2 aliphatic rings. The van der Waals surface area contributed by atoms with Gasteiger partial charge in [0.2, 0.25) is 0 Å². The van der Waals surface area contributed by atoms with Crippen molar-refractivity contribution in [2.24, 2.45) is 0 Å². The number of rotatable bonds is 3. The number of ether oxygens (including phenoxy) is 1. The number of hydrogen-bond donors (Lipinski definition) is 2. The Morgan fingerprint density at radius 2 is 1.85 bits per heavy atom. The van der Waals surface area contributed by atoms with E-state index >= 15 is 0 Å². The van der Waals surface area contributed by atoms with Crippen LogP contribution in [-0.4, -0.2) is 34.3 Å². The van der Waals surface area contributed by atoms with Gasteiger partial charge in [-0.05, 0) is 50.7 Å². The Morgan fingerprint density at radius 1 is 1.04 bits per heavy atom. The van der Waals surface area contributed by atoms with Gasteiger partial charge in [0.1, 0.15) is 6.10 Å². The molecule has 1 saturated heterocycles. The molecule has 4 rings (SSSR count). The van der Waals surface area contributed by atoms with Crippen molar-refractivity contribution >= 4 is 11.8 Å². The summed E-state index contributed by atoms with van der Waals surface area (Å²) in [6, 6.07) is 9.85. The Labute approximate surface area is 158 Å². The summed E-state index contributed by atoms with van der Waals surface area (Å²) in [4.78, 5) is 24.8. The molecule has 2 aromatic rings. The number of hydrogen-bond acceptors (Lipinski definition) is 4. The van der Waals surface area contributed by atoms with Gasteiger partial charge < -0.3 is 4.74 Å². The summed E-state index contributed by atoms with van der Waals surface area (Å²) in [6.07, 6.45) is 6.04. The van der Waals surface area contributed by atoms with Crippen molar-refractivity contribution in [2.75, 3.05) is 6.61 Å². The number of amides is 2. The average Bonchev–Trinajstić information content (AvgIpc) is 3.30. The monoisotopic (exact) mass is 368 g/mol. The lowest BCUT2D eigenvalue weighted by Crippen LogP contribution is -2.46. The lowest BCUT2D eigenvalue weighted by molar-refractivity contribution is -0.130. The second kappa shape index (κ2) is 7.92. The maximum atomic E-state index is 12.8. The zero-order valence-corrected chi connectivity index (χ0v) is 15.2. The van der Waals surface area contributed by atoms with E-state index in [1.165, 1.54) is 0 Å². The summed E-state index contributed by atoms with van der Waals surface area (Å²) in [7, 11) is 0. The van der Waals surface area contributed by atoms with E-state index in [-0.39, 0.29) is 11.8 Å². The number of nitrogens with zero attached hydrogens (tertiary/aromatic N) is 2. The minimum Gasteiger partial charge on any atom is -0.368 e. The molecule has 1 aromatic carbocycles. The Hall–Kier alpha value is -2.67. The highest BCUT2D eigenvalue weighted by Gasteiger charge is 2.27. The summed E-state index contributed by atoms with van der Waals surface area (Å²) in [5.41, 5.74) is 8.41. The largest absolute Gasteiger partial charge is 0.368 e. The summed E-state index contributed by atoms with van der Waals surface area (Å²) < 4.78 is 7.21. The number of carbonyl (C=O) groups excluding carboxylic acids is 2. The molecule has 1 aliphatic heterocycles. The van der Waals surface area contributed by atoms with Gasteiger partial charge in [-0.1, -0.05) is 24.6 Å². The highest BCUT2D eigenvalue weighted by atomic mass is 16.5. The first-order valence-corrected chi connectivity index (χ1v) is 9.62. The van der Waals surface area contributed by atoms with Gasteiger partial charge in [-0.15, -0.1) is 0 Å². The molecule has 7 nitrogen and oxygen atoms in total. The molecule has 0 bridgehead atoms. The minimum absolute atomic E-state index is 0.311. The molecule has 0 radical (unpaired) electrons. The predicted molar refractivity (Wildman–Crippen MR) is 99.4 cm³/mol. The van der Waals surface area contributed by atoms with E-state index < -0.39 is 6.10 Å². The van der Waals surface area contributed by atoms with Gasteiger partial charge in [0.25, 0.3) is 11.8 Å². The number of fused-ring (bicyclic) bond motifs is 1. The second-order valence-corrected chi connectivity index (χ2v) is 7.03. The molecule has 1 unspecified atom stereocenters. The van der Waals surface area contributed by atoms with Crippen LogP contribution in [0.2, 0.25) is 0 Å². The fraction of sp³-hybridized carbons (Fsp3) is 0.450. The van der Waals surface area contributed by atoms with Gasteiger partial charge in [0, 0.05) is 17.9 Å². The van der Waals surface area contributed by atoms with Crippen LogP contribution in [0.15, 0.2) is 30.3 Å². The Morgan fingerprint density at radius 3 is 2.63 bits per heavy atom. The quantitative estimate of drug-likeness (QED) is 0.642. The van der Waals surface area contributed by atoms with Crippen LogP contribution in [0.4, 0.5) is 0 Å². The third kappa shape index (κ3) is 3.73. The van der Waals surface area contributed by atoms with E-state index in [4.69, 9.17) is 4.74 Å². The number of carbonyl (C=O) groups is 2. The standard InChI is InChI=1S/C20H24N4O3/c25-19(17-12-7-13-27-17)21-22-20(26)18-15-10-5-2-6-11-16(15)24(23-18)14-8-3-1-4-9-14/h1,3-4,8-9,17H,2,5-7,10-13H2,(H,21,25)(H,22,26). The van der Waals surface area contributed by atoms with Crippen molar-refractivity contribution in [3.8, 4) is 5.69 Å². The molecule has 27 heavy (non-hydrogen) atoms. The van der Waals surface area contributed by atoms with Gasteiger partial charge in [0.15, 0.2) is 5.69 Å². The smallest absolute Gasteiger partial charge is 0.290 e. The molecule has 0 spiro atoms. The van der Waals surface area contributed by atoms with Gasteiger partial charge >= 0.3 is 0 Å². The van der Waals surface area contributed by atoms with Crippen LogP contribution in [0.5, 0.6) is 0 Å². The molecule has 7 heteroatoms. The topological polar surface area (TPSA) is 85.2 Å². The van der Waals surface area contributed by atoms with E-state index in [1.807, 2.05) is 35.0 Å². The van der Waals surface area contributed by atoms with Crippen molar-refractivity contribution in [3.63, 3.8) is 0 Å². The number of nitrogens with one attached hydrogen (secondary N) is 2. The van der Waals surface area contributed by atoms with Crippen molar-refractivity contribution in [1.82, 2.24) is 20.6 Å². The van der Waals surface area contributed by atoms with Crippen LogP contribution in [0.3, 0.4) is 0 Å². The molecule has 1 aromatic heterocycles. The predicted octanol–water partition coefficient (Wildman–Crippen LogP) is 2.08. The van der Waals surface area contributed by atoms with E-state index in [1.54, 1.807) is 0 Å². The molecular weight excluding hydrogens is 344 g/mol. The second-order valence-electron chi connectivity index (χ2n) is 7.03. The van der Waals surface area contributed by atoms with Crippen LogP contribution in [-0.2, 0) is 22.4 Å². The van der Waals surface area contributed by atoms with Crippen LogP contribution >= 0.6 is 0 Å². The maximum Gasteiger partial charge on any atom is 0.290 e. The van der Waals surface area contributed by atoms with Crippen LogP contribution < -0.4 is 10.9 Å². The molecular formula is C20H24N4O3. The molecule has 1 atom stereocenters. The molecule has 1 aliphatic carbocycles. The molecule has 2 amide bonds. The molecule has 0 saturated carbocycles. The first-order valence-electron chi connectivity index (χ1n) is 9.62. The Balaban J connectivity index is 1.57. The lowest BCUT2D eigenvalue weighted by Gasteiger charge is -2.11. The zero-order chi connectivity index (χ0) is 18.6. The lowest BCUT2D eigenvalue weighted by atomic mass is 10.1. The first-order chi connectivity index (χ1) is 13.2. The van der Waals surface area contributed by atoms with E-state index in [0.717, 1.165) is 55.5 Å². The highest BCUT2D eigenvalue weighted by Crippen LogP contribution is 2.26. The maximum absolute atomic E-state index is 12.8. The summed E-state index contributed by atoms with van der Waals surface area (Å²) in [5.74, 6) is -0.691. The minimum atomic E-state index is -0.482. The van der Waals surface area contributed by atoms with Gasteiger partial charge in [-0.2, -0.15) is 5.10 Å². The van der Waals surface area contributed by atoms with Gasteiger partial charge in [-0.25, -0.2) is 4.68 Å². The molecule has 1 fully saturated rings. The van der Waals surface area contributed by atoms with Gasteiger partial charge in [0.05, 0.1) is 5.69 Å². The van der Waals surface area contributed by atoms with Crippen LogP contribution in [0.25, 0.3) is 5.69 Å². The number of aromatic nitrogens is 2. The SMILES string of the molecule is O=C(NNC(=O)C1CCCO1)c1nn(-c2ccccc2)c2c1CCCCC2. The third-order valence-corrected chi connectivity index (χ3v) is 5.17.